The van der Waals surface area contributed by atoms with Crippen molar-refractivity contribution in [1.82, 2.24) is 4.90 Å². The topological polar surface area (TPSA) is 84.7 Å². The normalized spacial score (nSPS) is 22.1. The van der Waals surface area contributed by atoms with Crippen molar-refractivity contribution in [1.29, 1.82) is 0 Å². The van der Waals surface area contributed by atoms with Crippen molar-refractivity contribution in [3.05, 3.63) is 71.8 Å². The maximum Gasteiger partial charge on any atom is 0.254 e. The van der Waals surface area contributed by atoms with Crippen molar-refractivity contribution in [2.24, 2.45) is 21.9 Å². The van der Waals surface area contributed by atoms with Gasteiger partial charge in [0.25, 0.3) is 5.91 Å². The molecule has 1 atom stereocenters. The summed E-state index contributed by atoms with van der Waals surface area (Å²) in [5, 5.41) is 0. The Labute approximate surface area is 180 Å². The first kappa shape index (κ1) is 21.9. The van der Waals surface area contributed by atoms with Crippen LogP contribution in [0.3, 0.4) is 0 Å². The monoisotopic (exact) mass is 406 g/mol. The van der Waals surface area contributed by atoms with Crippen molar-refractivity contribution in [3.8, 4) is 0 Å². The van der Waals surface area contributed by atoms with Crippen LogP contribution in [-0.4, -0.2) is 35.4 Å². The molecule has 0 spiro atoms. The average Bonchev–Trinajstić information content (AvgIpc) is 2.74. The van der Waals surface area contributed by atoms with Crippen LogP contribution in [0.2, 0.25) is 0 Å². The maximum absolute atomic E-state index is 13.5. The van der Waals surface area contributed by atoms with Crippen molar-refractivity contribution in [3.63, 3.8) is 0 Å². The zero-order valence-corrected chi connectivity index (χ0v) is 18.1. The number of amides is 1. The molecule has 1 aliphatic carbocycles. The molecule has 0 saturated heterocycles. The summed E-state index contributed by atoms with van der Waals surface area (Å²) in [6.45, 7) is 5.19. The van der Waals surface area contributed by atoms with Crippen LogP contribution in [0, 0.1) is 5.41 Å². The van der Waals surface area contributed by atoms with E-state index in [0.717, 1.165) is 44.2 Å². The second-order valence-corrected chi connectivity index (χ2v) is 8.93. The molecule has 0 radical (unpaired) electrons. The molecule has 2 aromatic rings. The predicted molar refractivity (Wildman–Crippen MR) is 123 cm³/mol. The van der Waals surface area contributed by atoms with Crippen molar-refractivity contribution >= 4 is 11.9 Å². The van der Waals surface area contributed by atoms with Crippen molar-refractivity contribution in [2.75, 3.05) is 6.54 Å². The van der Waals surface area contributed by atoms with Gasteiger partial charge in [-0.15, -0.1) is 0 Å². The Hall–Kier alpha value is -2.82. The average molecular weight is 407 g/mol. The summed E-state index contributed by atoms with van der Waals surface area (Å²) >= 11 is 0. The number of rotatable bonds is 7. The molecule has 30 heavy (non-hydrogen) atoms. The van der Waals surface area contributed by atoms with Crippen molar-refractivity contribution in [2.45, 2.75) is 58.0 Å². The van der Waals surface area contributed by atoms with E-state index >= 15 is 0 Å². The molecular weight excluding hydrogens is 372 g/mol. The zero-order chi connectivity index (χ0) is 21.6. The fourth-order valence-corrected chi connectivity index (χ4v) is 4.45. The van der Waals surface area contributed by atoms with Crippen LogP contribution in [0.25, 0.3) is 0 Å². The van der Waals surface area contributed by atoms with Gasteiger partial charge in [-0.1, -0.05) is 55.5 Å². The lowest BCUT2D eigenvalue weighted by Gasteiger charge is -2.42. The molecule has 160 valence electrons. The van der Waals surface area contributed by atoms with Crippen LogP contribution in [0.1, 0.15) is 55.5 Å². The Balaban J connectivity index is 1.77. The second kappa shape index (κ2) is 9.79. The predicted octanol–water partition coefficient (Wildman–Crippen LogP) is 3.98. The molecule has 0 heterocycles. The zero-order valence-electron chi connectivity index (χ0n) is 18.1. The first-order valence-corrected chi connectivity index (χ1v) is 10.8. The first-order valence-electron chi connectivity index (χ1n) is 10.8. The number of aliphatic imine (C=N–C) groups is 1. The van der Waals surface area contributed by atoms with E-state index in [2.05, 4.69) is 48.0 Å². The van der Waals surface area contributed by atoms with Gasteiger partial charge in [-0.05, 0) is 62.1 Å². The number of carbonyl (C=O) groups excluding carboxylic acids is 1. The van der Waals surface area contributed by atoms with E-state index in [1.807, 2.05) is 36.4 Å². The Kier molecular flexibility index (Phi) is 7.14. The maximum atomic E-state index is 13.5. The number of nitrogens with two attached hydrogens (primary N) is 2. The summed E-state index contributed by atoms with van der Waals surface area (Å²) in [5.41, 5.74) is 13.2. The van der Waals surface area contributed by atoms with Crippen molar-refractivity contribution < 1.29 is 4.79 Å². The van der Waals surface area contributed by atoms with Gasteiger partial charge in [0, 0.05) is 18.2 Å². The molecule has 1 saturated carbocycles. The van der Waals surface area contributed by atoms with Gasteiger partial charge in [-0.25, -0.2) is 0 Å². The molecule has 3 rings (SSSR count). The third-order valence-corrected chi connectivity index (χ3v) is 6.23. The summed E-state index contributed by atoms with van der Waals surface area (Å²) < 4.78 is 0. The molecule has 1 aliphatic rings. The smallest absolute Gasteiger partial charge is 0.254 e. The highest BCUT2D eigenvalue weighted by Crippen LogP contribution is 2.38. The lowest BCUT2D eigenvalue weighted by Crippen LogP contribution is -2.47. The molecule has 0 aromatic heterocycles. The highest BCUT2D eigenvalue weighted by molar-refractivity contribution is 5.94. The fraction of sp³-hybridized carbons (Fsp3) is 0.440. The number of benzene rings is 2. The lowest BCUT2D eigenvalue weighted by atomic mass is 9.73. The SMILES string of the molecule is CC(Cc1ccccc1)N(CC1(C)CCC(N=C(N)N)CC1)C(=O)c1ccccc1. The van der Waals surface area contributed by atoms with E-state index < -0.39 is 0 Å². The van der Waals surface area contributed by atoms with Gasteiger partial charge in [-0.2, -0.15) is 0 Å². The van der Waals surface area contributed by atoms with Crippen LogP contribution >= 0.6 is 0 Å². The van der Waals surface area contributed by atoms with E-state index in [4.69, 9.17) is 11.5 Å². The molecule has 1 amide bonds. The number of hydrogen-bond donors (Lipinski definition) is 2. The minimum Gasteiger partial charge on any atom is -0.370 e. The van der Waals surface area contributed by atoms with Gasteiger partial charge in [0.2, 0.25) is 0 Å². The summed E-state index contributed by atoms with van der Waals surface area (Å²) in [4.78, 5) is 19.9. The third-order valence-electron chi connectivity index (χ3n) is 6.23. The van der Waals surface area contributed by atoms with Gasteiger partial charge in [0.15, 0.2) is 5.96 Å². The number of hydrogen-bond acceptors (Lipinski definition) is 2. The first-order chi connectivity index (χ1) is 14.4. The molecule has 0 bridgehead atoms. The second-order valence-electron chi connectivity index (χ2n) is 8.93. The van der Waals surface area contributed by atoms with Gasteiger partial charge < -0.3 is 16.4 Å². The summed E-state index contributed by atoms with van der Waals surface area (Å²) in [7, 11) is 0. The van der Waals surface area contributed by atoms with Crippen LogP contribution in [0.5, 0.6) is 0 Å². The highest BCUT2D eigenvalue weighted by Gasteiger charge is 2.35. The number of carbonyl (C=O) groups is 1. The summed E-state index contributed by atoms with van der Waals surface area (Å²) in [6.07, 6.45) is 4.76. The van der Waals surface area contributed by atoms with Crippen LogP contribution in [0.4, 0.5) is 0 Å². The lowest BCUT2D eigenvalue weighted by molar-refractivity contribution is 0.0513. The summed E-state index contributed by atoms with van der Waals surface area (Å²) in [5.74, 6) is 0.271. The number of guanidine groups is 1. The number of nitrogens with zero attached hydrogens (tertiary/aromatic N) is 2. The fourth-order valence-electron chi connectivity index (χ4n) is 4.45. The Morgan fingerprint density at radius 3 is 2.20 bits per heavy atom. The minimum absolute atomic E-state index is 0.0603. The van der Waals surface area contributed by atoms with Gasteiger partial charge >= 0.3 is 0 Å². The molecule has 1 fully saturated rings. The Morgan fingerprint density at radius 1 is 1.07 bits per heavy atom. The molecule has 4 N–H and O–H groups in total. The Bertz CT molecular complexity index is 838. The molecule has 0 aliphatic heterocycles. The van der Waals surface area contributed by atoms with Crippen LogP contribution in [-0.2, 0) is 6.42 Å². The van der Waals surface area contributed by atoms with Crippen LogP contribution in [0.15, 0.2) is 65.7 Å². The van der Waals surface area contributed by atoms with E-state index in [0.29, 0.717) is 0 Å². The minimum atomic E-state index is 0.0603. The van der Waals surface area contributed by atoms with Gasteiger partial charge in [-0.3, -0.25) is 9.79 Å². The highest BCUT2D eigenvalue weighted by atomic mass is 16.2. The molecule has 5 heteroatoms. The molecular formula is C25H34N4O. The third kappa shape index (κ3) is 5.85. The molecule has 5 nitrogen and oxygen atoms in total. The van der Waals surface area contributed by atoms with E-state index in [9.17, 15) is 4.79 Å². The van der Waals surface area contributed by atoms with E-state index in [1.54, 1.807) is 0 Å². The van der Waals surface area contributed by atoms with Gasteiger partial charge in [0.05, 0.1) is 6.04 Å². The standard InChI is InChI=1S/C25H34N4O/c1-19(17-20-9-5-3-6-10-20)29(23(30)21-11-7-4-8-12-21)18-25(2)15-13-22(14-16-25)28-24(26)27/h3-12,19,22H,13-18H2,1-2H3,(H4,26,27,28). The largest absolute Gasteiger partial charge is 0.370 e. The van der Waals surface area contributed by atoms with Crippen LogP contribution < -0.4 is 11.5 Å². The summed E-state index contributed by atoms with van der Waals surface area (Å²) in [6, 6.07) is 20.3. The van der Waals surface area contributed by atoms with E-state index in [-0.39, 0.29) is 29.4 Å². The van der Waals surface area contributed by atoms with E-state index in [1.165, 1.54) is 5.56 Å². The molecule has 1 unspecified atom stereocenters. The Morgan fingerprint density at radius 2 is 1.63 bits per heavy atom. The quantitative estimate of drug-likeness (QED) is 0.539. The van der Waals surface area contributed by atoms with Gasteiger partial charge in [0.1, 0.15) is 0 Å². The molecule has 2 aromatic carbocycles.